The zero-order valence-corrected chi connectivity index (χ0v) is 16.8. The molecule has 0 aromatic heterocycles. The van der Waals surface area contributed by atoms with E-state index in [-0.39, 0.29) is 22.6 Å². The Hall–Kier alpha value is -2.73. The van der Waals surface area contributed by atoms with Gasteiger partial charge in [-0.15, -0.1) is 0 Å². The number of nitrogens with one attached hydrogen (secondary N) is 2. The summed E-state index contributed by atoms with van der Waals surface area (Å²) in [5.41, 5.74) is 8.37. The molecule has 148 valence electrons. The zero-order valence-electron chi connectivity index (χ0n) is 16.8. The van der Waals surface area contributed by atoms with E-state index in [2.05, 4.69) is 4.74 Å². The first-order chi connectivity index (χ1) is 12.6. The summed E-state index contributed by atoms with van der Waals surface area (Å²) >= 11 is 0. The third kappa shape index (κ3) is 8.96. The summed E-state index contributed by atoms with van der Waals surface area (Å²) in [5, 5.41) is 24.0. The minimum absolute atomic E-state index is 0.155. The van der Waals surface area contributed by atoms with Crippen LogP contribution in [0.5, 0.6) is 5.75 Å². The highest BCUT2D eigenvalue weighted by Crippen LogP contribution is 2.35. The molecule has 0 aliphatic heterocycles. The summed E-state index contributed by atoms with van der Waals surface area (Å²) in [7, 11) is 3.25. The Balaban J connectivity index is 0.000000509. The van der Waals surface area contributed by atoms with Gasteiger partial charge < -0.3 is 20.4 Å². The van der Waals surface area contributed by atoms with E-state index in [0.717, 1.165) is 17.4 Å². The molecule has 0 saturated carbocycles. The summed E-state index contributed by atoms with van der Waals surface area (Å²) in [6.07, 6.45) is 8.73. The van der Waals surface area contributed by atoms with Crippen molar-refractivity contribution in [1.29, 1.82) is 10.8 Å². The van der Waals surface area contributed by atoms with Crippen molar-refractivity contribution in [3.8, 4) is 5.75 Å². The third-order valence-corrected chi connectivity index (χ3v) is 3.49. The smallest absolute Gasteiger partial charge is 0.142 e. The van der Waals surface area contributed by atoms with Gasteiger partial charge in [-0.25, -0.2) is 0 Å². The predicted molar refractivity (Wildman–Crippen MR) is 112 cm³/mol. The number of hydrogen-bond acceptors (Lipinski definition) is 6. The molecule has 0 fully saturated rings. The molecule has 5 N–H and O–H groups in total. The fraction of sp³-hybridized carbons (Fsp3) is 0.381. The number of phenolic OH excluding ortho intramolecular Hbond substituents is 1. The first-order valence-corrected chi connectivity index (χ1v) is 8.56. The molecule has 1 aromatic rings. The fourth-order valence-corrected chi connectivity index (χ4v) is 2.14. The highest BCUT2D eigenvalue weighted by molar-refractivity contribution is 6.48. The fourth-order valence-electron chi connectivity index (χ4n) is 2.14. The summed E-state index contributed by atoms with van der Waals surface area (Å²) in [6, 6.07) is 3.66. The van der Waals surface area contributed by atoms with Crippen LogP contribution in [-0.2, 0) is 21.4 Å². The number of carbonyl (C=O) groups excluding carboxylic acids is 1. The second-order valence-electron chi connectivity index (χ2n) is 6.99. The van der Waals surface area contributed by atoms with Crippen LogP contribution in [0.25, 0.3) is 0 Å². The number of ether oxygens (including phenoxy) is 1. The largest absolute Gasteiger partial charge is 0.505 e. The van der Waals surface area contributed by atoms with Gasteiger partial charge in [-0.1, -0.05) is 39.0 Å². The molecule has 0 spiro atoms. The number of allylic oxidation sites excluding steroid dienone is 4. The van der Waals surface area contributed by atoms with Gasteiger partial charge in [-0.05, 0) is 35.6 Å². The van der Waals surface area contributed by atoms with Crippen LogP contribution >= 0.6 is 0 Å². The van der Waals surface area contributed by atoms with Crippen LogP contribution in [0.3, 0.4) is 0 Å². The highest BCUT2D eigenvalue weighted by atomic mass is 16.4. The Morgan fingerprint density at radius 1 is 1.11 bits per heavy atom. The van der Waals surface area contributed by atoms with E-state index in [0.29, 0.717) is 18.5 Å². The van der Waals surface area contributed by atoms with Crippen molar-refractivity contribution >= 4 is 23.4 Å². The van der Waals surface area contributed by atoms with Gasteiger partial charge in [0.2, 0.25) is 0 Å². The molecule has 6 nitrogen and oxygen atoms in total. The Morgan fingerprint density at radius 2 is 1.59 bits per heavy atom. The topological polar surface area (TPSA) is 120 Å². The number of benzene rings is 1. The van der Waals surface area contributed by atoms with Crippen LogP contribution in [0.4, 0.5) is 5.69 Å². The van der Waals surface area contributed by atoms with Gasteiger partial charge in [0.15, 0.2) is 0 Å². The number of methoxy groups -OCH3 is 1. The molecule has 0 heterocycles. The lowest BCUT2D eigenvalue weighted by Crippen LogP contribution is -2.13. The van der Waals surface area contributed by atoms with Crippen LogP contribution in [0.1, 0.15) is 38.3 Å². The number of nitrogen functional groups attached to an aromatic ring is 1. The quantitative estimate of drug-likeness (QED) is 0.278. The molecule has 0 saturated heterocycles. The van der Waals surface area contributed by atoms with E-state index in [1.54, 1.807) is 44.6 Å². The van der Waals surface area contributed by atoms with E-state index >= 15 is 0 Å². The Labute approximate surface area is 161 Å². The zero-order chi connectivity index (χ0) is 21.0. The van der Waals surface area contributed by atoms with Crippen molar-refractivity contribution < 1.29 is 14.6 Å². The van der Waals surface area contributed by atoms with Crippen molar-refractivity contribution in [3.05, 3.63) is 47.6 Å². The maximum Gasteiger partial charge on any atom is 0.142 e. The number of anilines is 1. The highest BCUT2D eigenvalue weighted by Gasteiger charge is 2.20. The number of rotatable bonds is 3. The van der Waals surface area contributed by atoms with Crippen molar-refractivity contribution in [2.75, 3.05) is 20.0 Å². The first kappa shape index (κ1) is 24.3. The lowest BCUT2D eigenvalue weighted by atomic mass is 9.84. The lowest BCUT2D eigenvalue weighted by molar-refractivity contribution is -0.107. The van der Waals surface area contributed by atoms with Crippen molar-refractivity contribution in [3.63, 3.8) is 0 Å². The minimum atomic E-state index is -0.157. The third-order valence-electron chi connectivity index (χ3n) is 3.49. The molecule has 2 rings (SSSR count). The van der Waals surface area contributed by atoms with Crippen LogP contribution in [0.15, 0.2) is 36.4 Å². The normalized spacial score (nSPS) is 12.6. The summed E-state index contributed by atoms with van der Waals surface area (Å²) < 4.78 is 4.25. The maximum absolute atomic E-state index is 10.3. The van der Waals surface area contributed by atoms with E-state index < -0.39 is 0 Å². The number of aryl methyl sites for hydroxylation is 1. The number of aldehydes is 1. The average Bonchev–Trinajstić information content (AvgIpc) is 2.58. The van der Waals surface area contributed by atoms with Gasteiger partial charge in [-0.3, -0.25) is 10.8 Å². The molecule has 27 heavy (non-hydrogen) atoms. The second kappa shape index (κ2) is 11.8. The Morgan fingerprint density at radius 3 is 1.96 bits per heavy atom. The molecule has 0 radical (unpaired) electrons. The number of phenols is 1. The van der Waals surface area contributed by atoms with E-state index in [9.17, 15) is 9.90 Å². The van der Waals surface area contributed by atoms with Crippen LogP contribution in [0.2, 0.25) is 0 Å². The second-order valence-corrected chi connectivity index (χ2v) is 6.99. The number of nitrogens with two attached hydrogens (primary N) is 1. The van der Waals surface area contributed by atoms with Crippen LogP contribution in [0, 0.1) is 10.8 Å². The number of carbonyl (C=O) groups is 1. The molecule has 0 amide bonds. The number of hydrogen-bond donors (Lipinski definition) is 4. The molecule has 0 unspecified atom stereocenters. The lowest BCUT2D eigenvalue weighted by Gasteiger charge is -2.22. The van der Waals surface area contributed by atoms with E-state index in [1.807, 2.05) is 26.8 Å². The van der Waals surface area contributed by atoms with Gasteiger partial charge in [0.25, 0.3) is 0 Å². The molecule has 0 bridgehead atoms. The summed E-state index contributed by atoms with van der Waals surface area (Å²) in [5.74, 6) is 0.155. The van der Waals surface area contributed by atoms with Gasteiger partial charge in [0.05, 0.1) is 17.1 Å². The Kier molecular flexibility index (Phi) is 10.6. The van der Waals surface area contributed by atoms with Crippen LogP contribution in [-0.4, -0.2) is 37.0 Å². The molecule has 1 aliphatic carbocycles. The average molecular weight is 373 g/mol. The van der Waals surface area contributed by atoms with Gasteiger partial charge in [0.1, 0.15) is 12.0 Å². The predicted octanol–water partition coefficient (Wildman–Crippen LogP) is 3.82. The minimum Gasteiger partial charge on any atom is -0.505 e. The summed E-state index contributed by atoms with van der Waals surface area (Å²) in [6.45, 7) is 6.06. The molecule has 1 aliphatic rings. The molecular formula is C21H31N3O3. The van der Waals surface area contributed by atoms with Gasteiger partial charge >= 0.3 is 0 Å². The monoisotopic (exact) mass is 373 g/mol. The molecule has 0 atom stereocenters. The maximum atomic E-state index is 10.3. The molecular weight excluding hydrogens is 342 g/mol. The number of aromatic hydroxyl groups is 1. The van der Waals surface area contributed by atoms with Crippen molar-refractivity contribution in [1.82, 2.24) is 0 Å². The van der Waals surface area contributed by atoms with Gasteiger partial charge in [-0.2, -0.15) is 0 Å². The summed E-state index contributed by atoms with van der Waals surface area (Å²) in [4.78, 5) is 10.3. The SMILES string of the molecule is CC(C)(C)c1cc(CCC=O)cc(N)c1O.COC.N=C1C=CC=CC1=N. The molecule has 6 heteroatoms. The Bertz CT molecular complexity index is 692. The van der Waals surface area contributed by atoms with Crippen molar-refractivity contribution in [2.24, 2.45) is 0 Å². The standard InChI is InChI=1S/C13H19NO2.C6H6N2.C2H6O/c1-13(2,3)10-7-9(5-4-6-15)8-11(14)12(10)16;7-5-3-1-2-4-6(5)8;1-3-2/h6-8,16H,4-5,14H2,1-3H3;1-4,7-8H;1-2H3. The van der Waals surface area contributed by atoms with Crippen LogP contribution < -0.4 is 5.73 Å². The van der Waals surface area contributed by atoms with Gasteiger partial charge in [0, 0.05) is 26.2 Å². The molecule has 1 aromatic carbocycles. The first-order valence-electron chi connectivity index (χ1n) is 8.56. The van der Waals surface area contributed by atoms with E-state index in [1.165, 1.54) is 0 Å². The van der Waals surface area contributed by atoms with E-state index in [4.69, 9.17) is 16.6 Å². The van der Waals surface area contributed by atoms with Crippen molar-refractivity contribution in [2.45, 2.75) is 39.0 Å².